The number of nitrogens with two attached hydrogens (primary N) is 1. The van der Waals surface area contributed by atoms with Gasteiger partial charge < -0.3 is 10.6 Å². The van der Waals surface area contributed by atoms with Gasteiger partial charge in [0.05, 0.1) is 0 Å². The third-order valence-electron chi connectivity index (χ3n) is 4.18. The predicted octanol–water partition coefficient (Wildman–Crippen LogP) is 2.76. The fourth-order valence-electron chi connectivity index (χ4n) is 3.03. The second kappa shape index (κ2) is 3.98. The normalized spacial score (nSPS) is 22.6. The van der Waals surface area contributed by atoms with E-state index in [4.69, 9.17) is 5.73 Å². The van der Waals surface area contributed by atoms with E-state index in [0.29, 0.717) is 0 Å². The van der Waals surface area contributed by atoms with E-state index in [-0.39, 0.29) is 5.82 Å². The fraction of sp³-hybridized carbons (Fsp3) is 0.571. The standard InChI is InChI=1S/C14H19FN2/c15-11-5-3-6-12(17-9-1-2-10-17)13(11)14(16)7-4-8-14/h3,5-6H,1-2,4,7-10,16H2. The molecule has 0 spiro atoms. The molecular formula is C14H19FN2. The van der Waals surface area contributed by atoms with Gasteiger partial charge in [-0.2, -0.15) is 0 Å². The number of hydrogen-bond acceptors (Lipinski definition) is 2. The quantitative estimate of drug-likeness (QED) is 0.852. The molecule has 1 saturated heterocycles. The molecule has 0 bridgehead atoms. The molecule has 2 fully saturated rings. The first-order valence-electron chi connectivity index (χ1n) is 6.53. The van der Waals surface area contributed by atoms with E-state index < -0.39 is 5.54 Å². The molecule has 1 saturated carbocycles. The molecule has 17 heavy (non-hydrogen) atoms. The molecule has 1 aliphatic heterocycles. The van der Waals surface area contributed by atoms with Crippen LogP contribution in [0, 0.1) is 5.82 Å². The van der Waals surface area contributed by atoms with Crippen LogP contribution >= 0.6 is 0 Å². The Bertz CT molecular complexity index is 420. The summed E-state index contributed by atoms with van der Waals surface area (Å²) in [6.07, 6.45) is 5.34. The Morgan fingerprint density at radius 2 is 1.82 bits per heavy atom. The highest BCUT2D eigenvalue weighted by Crippen LogP contribution is 2.44. The second-order valence-electron chi connectivity index (χ2n) is 5.34. The number of rotatable bonds is 2. The van der Waals surface area contributed by atoms with Crippen LogP contribution in [0.15, 0.2) is 18.2 Å². The minimum Gasteiger partial charge on any atom is -0.371 e. The third-order valence-corrected chi connectivity index (χ3v) is 4.18. The molecule has 0 amide bonds. The van der Waals surface area contributed by atoms with Gasteiger partial charge in [0.25, 0.3) is 0 Å². The molecule has 2 N–H and O–H groups in total. The van der Waals surface area contributed by atoms with Gasteiger partial charge in [0.1, 0.15) is 5.82 Å². The average molecular weight is 234 g/mol. The van der Waals surface area contributed by atoms with Crippen molar-refractivity contribution in [3.63, 3.8) is 0 Å². The highest BCUT2D eigenvalue weighted by molar-refractivity contribution is 5.58. The Morgan fingerprint density at radius 1 is 1.12 bits per heavy atom. The van der Waals surface area contributed by atoms with Crippen LogP contribution in [-0.4, -0.2) is 13.1 Å². The highest BCUT2D eigenvalue weighted by atomic mass is 19.1. The molecular weight excluding hydrogens is 215 g/mol. The Morgan fingerprint density at radius 3 is 2.41 bits per heavy atom. The third kappa shape index (κ3) is 1.73. The van der Waals surface area contributed by atoms with E-state index in [0.717, 1.165) is 43.6 Å². The fourth-order valence-corrected chi connectivity index (χ4v) is 3.03. The maximum atomic E-state index is 14.1. The first kappa shape index (κ1) is 11.0. The van der Waals surface area contributed by atoms with E-state index in [1.807, 2.05) is 6.07 Å². The van der Waals surface area contributed by atoms with Crippen molar-refractivity contribution in [3.05, 3.63) is 29.6 Å². The summed E-state index contributed by atoms with van der Waals surface area (Å²) < 4.78 is 14.1. The van der Waals surface area contributed by atoms with Gasteiger partial charge in [-0.05, 0) is 44.2 Å². The molecule has 2 nitrogen and oxygen atoms in total. The first-order valence-corrected chi connectivity index (χ1v) is 6.53. The lowest BCUT2D eigenvalue weighted by Gasteiger charge is -2.41. The zero-order valence-corrected chi connectivity index (χ0v) is 10.1. The van der Waals surface area contributed by atoms with Gasteiger partial charge in [-0.1, -0.05) is 6.07 Å². The molecule has 3 rings (SSSR count). The summed E-state index contributed by atoms with van der Waals surface area (Å²) in [6.45, 7) is 2.07. The SMILES string of the molecule is NC1(c2c(F)cccc2N2CCCC2)CCC1. The number of benzene rings is 1. The van der Waals surface area contributed by atoms with Gasteiger partial charge in [-0.3, -0.25) is 0 Å². The van der Waals surface area contributed by atoms with Crippen molar-refractivity contribution in [2.75, 3.05) is 18.0 Å². The van der Waals surface area contributed by atoms with Crippen LogP contribution in [0.5, 0.6) is 0 Å². The number of nitrogens with zero attached hydrogens (tertiary/aromatic N) is 1. The van der Waals surface area contributed by atoms with E-state index in [1.54, 1.807) is 12.1 Å². The molecule has 0 aromatic heterocycles. The molecule has 1 aromatic carbocycles. The van der Waals surface area contributed by atoms with Gasteiger partial charge in [-0.15, -0.1) is 0 Å². The summed E-state index contributed by atoms with van der Waals surface area (Å²) in [5.41, 5.74) is 7.70. The Balaban J connectivity index is 2.04. The Kier molecular flexibility index (Phi) is 2.58. The minimum atomic E-state index is -0.413. The molecule has 1 heterocycles. The van der Waals surface area contributed by atoms with Gasteiger partial charge in [-0.25, -0.2) is 4.39 Å². The maximum absolute atomic E-state index is 14.1. The molecule has 0 unspecified atom stereocenters. The summed E-state index contributed by atoms with van der Waals surface area (Å²) in [5.74, 6) is -0.128. The number of hydrogen-bond donors (Lipinski definition) is 1. The van der Waals surface area contributed by atoms with Crippen LogP contribution in [-0.2, 0) is 5.54 Å². The molecule has 2 aliphatic rings. The smallest absolute Gasteiger partial charge is 0.130 e. The summed E-state index contributed by atoms with van der Waals surface area (Å²) >= 11 is 0. The van der Waals surface area contributed by atoms with Crippen molar-refractivity contribution < 1.29 is 4.39 Å². The zero-order chi connectivity index (χ0) is 11.9. The van der Waals surface area contributed by atoms with Crippen LogP contribution in [0.4, 0.5) is 10.1 Å². The van der Waals surface area contributed by atoms with Crippen LogP contribution in [0.2, 0.25) is 0 Å². The molecule has 1 aliphatic carbocycles. The molecule has 1 aromatic rings. The van der Waals surface area contributed by atoms with Gasteiger partial charge in [0, 0.05) is 29.9 Å². The molecule has 0 atom stereocenters. The lowest BCUT2D eigenvalue weighted by Crippen LogP contribution is -2.45. The maximum Gasteiger partial charge on any atom is 0.130 e. The van der Waals surface area contributed by atoms with Crippen molar-refractivity contribution in [2.45, 2.75) is 37.6 Å². The summed E-state index contributed by atoms with van der Waals surface area (Å²) in [5, 5.41) is 0. The topological polar surface area (TPSA) is 29.3 Å². The van der Waals surface area contributed by atoms with Crippen molar-refractivity contribution in [1.82, 2.24) is 0 Å². The van der Waals surface area contributed by atoms with Crippen LogP contribution in [0.3, 0.4) is 0 Å². The van der Waals surface area contributed by atoms with Crippen LogP contribution in [0.1, 0.15) is 37.7 Å². The number of halogens is 1. The van der Waals surface area contributed by atoms with Crippen LogP contribution in [0.25, 0.3) is 0 Å². The summed E-state index contributed by atoms with van der Waals surface area (Å²) in [4.78, 5) is 2.28. The molecule has 3 heteroatoms. The summed E-state index contributed by atoms with van der Waals surface area (Å²) in [6, 6.07) is 5.37. The highest BCUT2D eigenvalue weighted by Gasteiger charge is 2.39. The van der Waals surface area contributed by atoms with Crippen molar-refractivity contribution >= 4 is 5.69 Å². The molecule has 92 valence electrons. The van der Waals surface area contributed by atoms with Crippen molar-refractivity contribution in [2.24, 2.45) is 5.73 Å². The largest absolute Gasteiger partial charge is 0.371 e. The average Bonchev–Trinajstić information content (AvgIpc) is 2.79. The number of anilines is 1. The van der Waals surface area contributed by atoms with Crippen LogP contribution < -0.4 is 10.6 Å². The lowest BCUT2D eigenvalue weighted by molar-refractivity contribution is 0.245. The Hall–Kier alpha value is -1.09. The lowest BCUT2D eigenvalue weighted by atomic mass is 9.72. The van der Waals surface area contributed by atoms with E-state index in [9.17, 15) is 4.39 Å². The molecule has 0 radical (unpaired) electrons. The Labute approximate surface area is 102 Å². The minimum absolute atomic E-state index is 0.128. The first-order chi connectivity index (χ1) is 8.21. The second-order valence-corrected chi connectivity index (χ2v) is 5.34. The monoisotopic (exact) mass is 234 g/mol. The zero-order valence-electron chi connectivity index (χ0n) is 10.1. The van der Waals surface area contributed by atoms with E-state index >= 15 is 0 Å². The van der Waals surface area contributed by atoms with Crippen molar-refractivity contribution in [3.8, 4) is 0 Å². The van der Waals surface area contributed by atoms with Gasteiger partial charge in [0.2, 0.25) is 0 Å². The van der Waals surface area contributed by atoms with E-state index in [2.05, 4.69) is 4.90 Å². The van der Waals surface area contributed by atoms with Gasteiger partial charge >= 0.3 is 0 Å². The van der Waals surface area contributed by atoms with Gasteiger partial charge in [0.15, 0.2) is 0 Å². The summed E-state index contributed by atoms with van der Waals surface area (Å²) in [7, 11) is 0. The van der Waals surface area contributed by atoms with Crippen molar-refractivity contribution in [1.29, 1.82) is 0 Å². The van der Waals surface area contributed by atoms with E-state index in [1.165, 1.54) is 12.8 Å². The predicted molar refractivity (Wildman–Crippen MR) is 67.6 cm³/mol.